The molecule has 3 heterocycles. The van der Waals surface area contributed by atoms with Gasteiger partial charge in [0.15, 0.2) is 0 Å². The highest BCUT2D eigenvalue weighted by molar-refractivity contribution is 5.95. The number of piperidine rings is 1. The number of hydrogen-bond acceptors (Lipinski definition) is 7. The van der Waals surface area contributed by atoms with Gasteiger partial charge in [0.1, 0.15) is 36.4 Å². The minimum atomic E-state index is -0.509. The van der Waals surface area contributed by atoms with Crippen molar-refractivity contribution in [1.82, 2.24) is 19.7 Å². The molecule has 0 spiro atoms. The second-order valence-electron chi connectivity index (χ2n) is 12.5. The van der Waals surface area contributed by atoms with E-state index < -0.39 is 5.60 Å². The Kier molecular flexibility index (Phi) is 9.10. The Hall–Kier alpha value is -5.05. The predicted molar refractivity (Wildman–Crippen MR) is 177 cm³/mol. The molecule has 0 aliphatic carbocycles. The number of likely N-dealkylation sites (tertiary alicyclic amines) is 1. The van der Waals surface area contributed by atoms with Gasteiger partial charge < -0.3 is 23.8 Å². The smallest absolute Gasteiger partial charge is 0.410 e. The average Bonchev–Trinajstić information content (AvgIpc) is 3.38. The van der Waals surface area contributed by atoms with Gasteiger partial charge in [0, 0.05) is 50.5 Å². The van der Waals surface area contributed by atoms with E-state index in [2.05, 4.69) is 0 Å². The Labute approximate surface area is 269 Å². The molecule has 1 saturated heterocycles. The summed E-state index contributed by atoms with van der Waals surface area (Å²) >= 11 is 0. The molecule has 3 aromatic carbocycles. The molecule has 1 fully saturated rings. The van der Waals surface area contributed by atoms with Crippen LogP contribution in [0.4, 0.5) is 4.79 Å². The summed E-state index contributed by atoms with van der Waals surface area (Å²) in [7, 11) is 1.92. The maximum Gasteiger partial charge on any atom is 0.410 e. The number of rotatable bonds is 9. The fourth-order valence-electron chi connectivity index (χ4n) is 5.44. The molecule has 0 N–H and O–H groups in total. The van der Waals surface area contributed by atoms with Gasteiger partial charge in [0.25, 0.3) is 0 Å². The maximum absolute atomic E-state index is 12.5. The molecule has 5 aromatic rings. The summed E-state index contributed by atoms with van der Waals surface area (Å²) in [6, 6.07) is 29.8. The van der Waals surface area contributed by atoms with E-state index in [-0.39, 0.29) is 12.2 Å². The van der Waals surface area contributed by atoms with E-state index in [0.29, 0.717) is 38.1 Å². The molecule has 0 unspecified atom stereocenters. The lowest BCUT2D eigenvalue weighted by Gasteiger charge is -2.33. The molecule has 6 rings (SSSR count). The summed E-state index contributed by atoms with van der Waals surface area (Å²) in [5, 5.41) is 5.84. The van der Waals surface area contributed by atoms with Crippen LogP contribution in [-0.2, 0) is 25.0 Å². The third kappa shape index (κ3) is 7.59. The molecular formula is C37H40N4O5. The topological polar surface area (TPSA) is 87.9 Å². The van der Waals surface area contributed by atoms with Crippen molar-refractivity contribution >= 4 is 17.0 Å². The summed E-state index contributed by atoms with van der Waals surface area (Å²) in [5.41, 5.74) is 4.05. The molecule has 238 valence electrons. The Morgan fingerprint density at radius 3 is 2.15 bits per heavy atom. The largest absolute Gasteiger partial charge is 0.490 e. The van der Waals surface area contributed by atoms with E-state index in [9.17, 15) is 4.79 Å². The van der Waals surface area contributed by atoms with Crippen molar-refractivity contribution in [2.24, 2.45) is 7.05 Å². The second kappa shape index (κ2) is 13.5. The molecule has 0 saturated carbocycles. The van der Waals surface area contributed by atoms with E-state index in [1.54, 1.807) is 4.90 Å². The number of aryl methyl sites for hydroxylation is 1. The lowest BCUT2D eigenvalue weighted by atomic mass is 10.1. The van der Waals surface area contributed by atoms with E-state index in [1.165, 1.54) is 0 Å². The quantitative estimate of drug-likeness (QED) is 0.168. The number of pyridine rings is 1. The average molecular weight is 621 g/mol. The van der Waals surface area contributed by atoms with Crippen LogP contribution < -0.4 is 14.2 Å². The summed E-state index contributed by atoms with van der Waals surface area (Å²) in [5.74, 6) is 1.69. The molecule has 0 bridgehead atoms. The molecule has 0 radical (unpaired) electrons. The van der Waals surface area contributed by atoms with Gasteiger partial charge in [-0.1, -0.05) is 60.7 Å². The number of aromatic nitrogens is 3. The molecule has 0 atom stereocenters. The zero-order valence-corrected chi connectivity index (χ0v) is 26.8. The van der Waals surface area contributed by atoms with Gasteiger partial charge >= 0.3 is 6.09 Å². The molecule has 9 heteroatoms. The van der Waals surface area contributed by atoms with Crippen LogP contribution in [0.25, 0.3) is 22.2 Å². The number of amides is 1. The van der Waals surface area contributed by atoms with Crippen LogP contribution in [0.3, 0.4) is 0 Å². The van der Waals surface area contributed by atoms with Crippen LogP contribution in [-0.4, -0.2) is 50.6 Å². The minimum Gasteiger partial charge on any atom is -0.490 e. The Balaban J connectivity index is 1.20. The molecular weight excluding hydrogens is 580 g/mol. The van der Waals surface area contributed by atoms with Crippen molar-refractivity contribution in [1.29, 1.82) is 0 Å². The zero-order chi connectivity index (χ0) is 32.1. The lowest BCUT2D eigenvalue weighted by Crippen LogP contribution is -2.44. The molecule has 46 heavy (non-hydrogen) atoms. The van der Waals surface area contributed by atoms with Crippen molar-refractivity contribution in [3.05, 3.63) is 102 Å². The van der Waals surface area contributed by atoms with Crippen molar-refractivity contribution in [2.45, 2.75) is 58.5 Å². The summed E-state index contributed by atoms with van der Waals surface area (Å²) < 4.78 is 26.1. The van der Waals surface area contributed by atoms with Crippen LogP contribution in [0.1, 0.15) is 44.7 Å². The van der Waals surface area contributed by atoms with Crippen molar-refractivity contribution < 1.29 is 23.7 Å². The number of carbonyl (C=O) groups excluding carboxylic acids is 1. The molecule has 9 nitrogen and oxygen atoms in total. The van der Waals surface area contributed by atoms with E-state index >= 15 is 0 Å². The predicted octanol–water partition coefficient (Wildman–Crippen LogP) is 7.57. The first kappa shape index (κ1) is 31.0. The first-order valence-electron chi connectivity index (χ1n) is 15.7. The third-order valence-electron chi connectivity index (χ3n) is 7.76. The van der Waals surface area contributed by atoms with Gasteiger partial charge in [-0.15, -0.1) is 0 Å². The summed E-state index contributed by atoms with van der Waals surface area (Å²) in [6.07, 6.45) is 1.21. The van der Waals surface area contributed by atoms with E-state index in [1.807, 2.05) is 123 Å². The van der Waals surface area contributed by atoms with Crippen molar-refractivity contribution in [3.8, 4) is 28.8 Å². The summed E-state index contributed by atoms with van der Waals surface area (Å²) in [4.78, 5) is 19.0. The SMILES string of the molecule is Cn1nc(-c2ccc(OCc3ccccc3)nc2OCc2ccccc2)c2ccc(OC3CCN(C(=O)OC(C)(C)C)CC3)cc21. The number of benzene rings is 3. The second-order valence-corrected chi connectivity index (χ2v) is 12.5. The Morgan fingerprint density at radius 1 is 0.848 bits per heavy atom. The van der Waals surface area contributed by atoms with E-state index in [0.717, 1.165) is 51.9 Å². The van der Waals surface area contributed by atoms with Crippen LogP contribution in [0.2, 0.25) is 0 Å². The van der Waals surface area contributed by atoms with Crippen LogP contribution in [0, 0.1) is 0 Å². The first-order valence-corrected chi connectivity index (χ1v) is 15.7. The van der Waals surface area contributed by atoms with Gasteiger partial charge in [0.2, 0.25) is 11.8 Å². The third-order valence-corrected chi connectivity index (χ3v) is 7.76. The van der Waals surface area contributed by atoms with Gasteiger partial charge in [-0.25, -0.2) is 4.79 Å². The standard InChI is InChI=1S/C37H40N4O5/c1-37(2,3)46-36(42)41-21-19-28(20-22-41)45-29-15-16-30-32(23-29)40(4)39-34(30)31-17-18-33(43-24-26-11-7-5-8-12-26)38-35(31)44-25-27-13-9-6-10-14-27/h5-18,23,28H,19-22,24-25H2,1-4H3. The number of hydrogen-bond donors (Lipinski definition) is 0. The number of carbonyl (C=O) groups is 1. The van der Waals surface area contributed by atoms with Gasteiger partial charge in [-0.2, -0.15) is 10.1 Å². The van der Waals surface area contributed by atoms with Crippen LogP contribution in [0.15, 0.2) is 91.0 Å². The van der Waals surface area contributed by atoms with Crippen LogP contribution in [0.5, 0.6) is 17.5 Å². The first-order chi connectivity index (χ1) is 22.2. The maximum atomic E-state index is 12.5. The van der Waals surface area contributed by atoms with Crippen molar-refractivity contribution in [3.63, 3.8) is 0 Å². The monoisotopic (exact) mass is 620 g/mol. The minimum absolute atomic E-state index is 0.00875. The normalized spacial score (nSPS) is 13.9. The van der Waals surface area contributed by atoms with Crippen LogP contribution >= 0.6 is 0 Å². The van der Waals surface area contributed by atoms with Gasteiger partial charge in [0.05, 0.1) is 11.1 Å². The number of nitrogens with zero attached hydrogens (tertiary/aromatic N) is 4. The lowest BCUT2D eigenvalue weighted by molar-refractivity contribution is 0.0126. The Bertz CT molecular complexity index is 1770. The molecule has 2 aromatic heterocycles. The van der Waals surface area contributed by atoms with Gasteiger partial charge in [-0.3, -0.25) is 4.68 Å². The summed E-state index contributed by atoms with van der Waals surface area (Å²) in [6.45, 7) is 7.60. The fourth-order valence-corrected chi connectivity index (χ4v) is 5.44. The van der Waals surface area contributed by atoms with E-state index in [4.69, 9.17) is 29.0 Å². The molecule has 1 aliphatic heterocycles. The number of ether oxygens (including phenoxy) is 4. The van der Waals surface area contributed by atoms with Gasteiger partial charge in [-0.05, 0) is 50.1 Å². The highest BCUT2D eigenvalue weighted by Gasteiger charge is 2.28. The molecule has 1 aliphatic rings. The number of fused-ring (bicyclic) bond motifs is 1. The Morgan fingerprint density at radius 2 is 1.50 bits per heavy atom. The highest BCUT2D eigenvalue weighted by Crippen LogP contribution is 2.36. The molecule has 1 amide bonds. The highest BCUT2D eigenvalue weighted by atomic mass is 16.6. The fraction of sp³-hybridized carbons (Fsp3) is 0.324. The van der Waals surface area contributed by atoms with Crippen molar-refractivity contribution in [2.75, 3.05) is 13.1 Å². The zero-order valence-electron chi connectivity index (χ0n) is 26.8.